The fourth-order valence-electron chi connectivity index (χ4n) is 1.60. The lowest BCUT2D eigenvalue weighted by atomic mass is 10.1. The molecule has 6 nitrogen and oxygen atoms in total. The van der Waals surface area contributed by atoms with Crippen LogP contribution in [0, 0.1) is 0 Å². The van der Waals surface area contributed by atoms with Gasteiger partial charge in [-0.1, -0.05) is 0 Å². The van der Waals surface area contributed by atoms with Crippen molar-refractivity contribution in [3.05, 3.63) is 0 Å². The van der Waals surface area contributed by atoms with E-state index < -0.39 is 17.2 Å². The van der Waals surface area contributed by atoms with Gasteiger partial charge in [0.1, 0.15) is 5.60 Å². The highest BCUT2D eigenvalue weighted by Gasteiger charge is 2.25. The summed E-state index contributed by atoms with van der Waals surface area (Å²) in [6.07, 6.45) is 1.67. The molecule has 8 heteroatoms. The van der Waals surface area contributed by atoms with E-state index >= 15 is 0 Å². The first-order valence-electron chi connectivity index (χ1n) is 8.39. The molecule has 0 rings (SSSR count). The molecule has 25 heavy (non-hydrogen) atoms. The first kappa shape index (κ1) is 26.8. The van der Waals surface area contributed by atoms with E-state index in [9.17, 15) is 4.79 Å². The van der Waals surface area contributed by atoms with Gasteiger partial charge in [0.05, 0.1) is 12.1 Å². The Morgan fingerprint density at radius 1 is 1.08 bits per heavy atom. The summed E-state index contributed by atoms with van der Waals surface area (Å²) in [5, 5.41) is 9.40. The van der Waals surface area contributed by atoms with Crippen LogP contribution in [-0.2, 0) is 4.74 Å². The van der Waals surface area contributed by atoms with Crippen molar-refractivity contribution < 1.29 is 9.53 Å². The van der Waals surface area contributed by atoms with E-state index in [1.54, 1.807) is 11.8 Å². The molecule has 0 aromatic carbocycles. The Bertz CT molecular complexity index is 435. The van der Waals surface area contributed by atoms with Gasteiger partial charge >= 0.3 is 6.09 Å². The molecule has 0 heterocycles. The summed E-state index contributed by atoms with van der Waals surface area (Å²) in [7, 11) is 0. The molecule has 0 saturated carbocycles. The number of ether oxygens (including phenoxy) is 1. The molecule has 3 N–H and O–H groups in total. The van der Waals surface area contributed by atoms with Gasteiger partial charge in [-0.3, -0.25) is 4.99 Å². The predicted molar refractivity (Wildman–Crippen MR) is 120 cm³/mol. The lowest BCUT2D eigenvalue weighted by molar-refractivity contribution is 0.0474. The van der Waals surface area contributed by atoms with Gasteiger partial charge in [0, 0.05) is 17.8 Å². The largest absolute Gasteiger partial charge is 0.444 e. The molecule has 0 atom stereocenters. The van der Waals surface area contributed by atoms with E-state index in [-0.39, 0.29) is 28.7 Å². The van der Waals surface area contributed by atoms with Crippen LogP contribution in [0.5, 0.6) is 0 Å². The standard InChI is InChI=1S/C17H36N4O2S.HI/c1-10-18-13(20-12-17(7,8)24-9)19-11-16(5,6)21-14(22)23-15(2,3)4;/h10-12H2,1-9H3,(H,21,22)(H2,18,19,20);1H. The molecule has 0 aromatic heterocycles. The minimum Gasteiger partial charge on any atom is -0.444 e. The molecule has 0 aliphatic rings. The average molecular weight is 488 g/mol. The number of carbonyl (C=O) groups excluding carboxylic acids is 1. The zero-order valence-corrected chi connectivity index (χ0v) is 20.3. The Morgan fingerprint density at radius 2 is 1.64 bits per heavy atom. The Hall–Kier alpha value is -0.380. The number of hydrogen-bond donors (Lipinski definition) is 3. The number of aliphatic imine (C=N–C) groups is 1. The zero-order chi connectivity index (χ0) is 19.0. The van der Waals surface area contributed by atoms with Gasteiger partial charge in [0.15, 0.2) is 5.96 Å². The summed E-state index contributed by atoms with van der Waals surface area (Å²) in [5.74, 6) is 0.749. The van der Waals surface area contributed by atoms with Crippen LogP contribution in [0.3, 0.4) is 0 Å². The molecule has 150 valence electrons. The molecule has 0 aliphatic carbocycles. The highest BCUT2D eigenvalue weighted by Crippen LogP contribution is 2.20. The molecular formula is C17H37IN4O2S. The summed E-state index contributed by atoms with van der Waals surface area (Å²) < 4.78 is 5.40. The molecule has 1 amide bonds. The third-order valence-corrected chi connectivity index (χ3v) is 4.29. The van der Waals surface area contributed by atoms with Crippen LogP contribution < -0.4 is 16.0 Å². The molecule has 0 radical (unpaired) electrons. The lowest BCUT2D eigenvalue weighted by Gasteiger charge is -2.29. The number of halogens is 1. The first-order valence-corrected chi connectivity index (χ1v) is 9.61. The number of alkyl carbamates (subject to hydrolysis) is 1. The third-order valence-electron chi connectivity index (χ3n) is 3.05. The Balaban J connectivity index is 0. The number of carbonyl (C=O) groups is 1. The molecule has 0 unspecified atom stereocenters. The monoisotopic (exact) mass is 488 g/mol. The second-order valence-corrected chi connectivity index (χ2v) is 9.54. The molecule has 0 saturated heterocycles. The van der Waals surface area contributed by atoms with Crippen molar-refractivity contribution >= 4 is 47.8 Å². The molecule has 0 bridgehead atoms. The minimum atomic E-state index is -0.507. The van der Waals surface area contributed by atoms with E-state index in [0.29, 0.717) is 13.1 Å². The SMILES string of the molecule is CCNC(=NCC(C)(C)SC)NCC(C)(C)NC(=O)OC(C)(C)C.I. The van der Waals surface area contributed by atoms with Crippen molar-refractivity contribution in [3.63, 3.8) is 0 Å². The molecular weight excluding hydrogens is 451 g/mol. The topological polar surface area (TPSA) is 74.8 Å². The highest BCUT2D eigenvalue weighted by molar-refractivity contribution is 14.0. The smallest absolute Gasteiger partial charge is 0.408 e. The van der Waals surface area contributed by atoms with Gasteiger partial charge in [-0.15, -0.1) is 24.0 Å². The van der Waals surface area contributed by atoms with Crippen molar-refractivity contribution in [3.8, 4) is 0 Å². The van der Waals surface area contributed by atoms with Crippen LogP contribution in [0.4, 0.5) is 4.79 Å². The fraction of sp³-hybridized carbons (Fsp3) is 0.882. The van der Waals surface area contributed by atoms with Gasteiger partial charge < -0.3 is 20.7 Å². The van der Waals surface area contributed by atoms with E-state index in [0.717, 1.165) is 12.5 Å². The van der Waals surface area contributed by atoms with Crippen molar-refractivity contribution in [1.29, 1.82) is 0 Å². The maximum atomic E-state index is 11.9. The van der Waals surface area contributed by atoms with Gasteiger partial charge in [0.25, 0.3) is 0 Å². The Morgan fingerprint density at radius 3 is 2.08 bits per heavy atom. The second-order valence-electron chi connectivity index (χ2n) is 8.02. The summed E-state index contributed by atoms with van der Waals surface area (Å²) in [6.45, 7) is 17.8. The summed E-state index contributed by atoms with van der Waals surface area (Å²) >= 11 is 1.79. The van der Waals surface area contributed by atoms with Gasteiger partial charge in [-0.05, 0) is 61.6 Å². The summed E-state index contributed by atoms with van der Waals surface area (Å²) in [4.78, 5) is 16.6. The molecule has 0 aromatic rings. The molecule has 0 aliphatic heterocycles. The quantitative estimate of drug-likeness (QED) is 0.290. The second kappa shape index (κ2) is 11.4. The number of hydrogen-bond acceptors (Lipinski definition) is 4. The fourth-order valence-corrected chi connectivity index (χ4v) is 1.80. The minimum absolute atomic E-state index is 0. The van der Waals surface area contributed by atoms with Crippen molar-refractivity contribution in [2.24, 2.45) is 4.99 Å². The van der Waals surface area contributed by atoms with E-state index in [2.05, 4.69) is 41.0 Å². The lowest BCUT2D eigenvalue weighted by Crippen LogP contribution is -2.54. The average Bonchev–Trinajstić information content (AvgIpc) is 2.39. The number of rotatable bonds is 7. The maximum Gasteiger partial charge on any atom is 0.408 e. The maximum absolute atomic E-state index is 11.9. The van der Waals surface area contributed by atoms with Crippen molar-refractivity contribution in [2.75, 3.05) is 25.9 Å². The van der Waals surface area contributed by atoms with E-state index in [1.807, 2.05) is 41.5 Å². The number of amides is 1. The zero-order valence-electron chi connectivity index (χ0n) is 17.2. The normalized spacial score (nSPS) is 12.9. The van der Waals surface area contributed by atoms with Gasteiger partial charge in [-0.2, -0.15) is 11.8 Å². The number of nitrogens with zero attached hydrogens (tertiary/aromatic N) is 1. The number of thioether (sulfide) groups is 1. The van der Waals surface area contributed by atoms with Crippen molar-refractivity contribution in [2.45, 2.75) is 71.3 Å². The molecule has 0 spiro atoms. The van der Waals surface area contributed by atoms with Crippen LogP contribution in [0.25, 0.3) is 0 Å². The van der Waals surface area contributed by atoms with E-state index in [4.69, 9.17) is 4.74 Å². The third kappa shape index (κ3) is 14.5. The predicted octanol–water partition coefficient (Wildman–Crippen LogP) is 3.60. The van der Waals surface area contributed by atoms with Crippen LogP contribution in [0.1, 0.15) is 55.4 Å². The molecule has 0 fully saturated rings. The van der Waals surface area contributed by atoms with Gasteiger partial charge in [-0.25, -0.2) is 4.79 Å². The first-order chi connectivity index (χ1) is 10.8. The van der Waals surface area contributed by atoms with Crippen LogP contribution in [0.2, 0.25) is 0 Å². The summed E-state index contributed by atoms with van der Waals surface area (Å²) in [6, 6.07) is 0. The van der Waals surface area contributed by atoms with Gasteiger partial charge in [0.2, 0.25) is 0 Å². The highest BCUT2D eigenvalue weighted by atomic mass is 127. The van der Waals surface area contributed by atoms with Crippen molar-refractivity contribution in [1.82, 2.24) is 16.0 Å². The van der Waals surface area contributed by atoms with E-state index in [1.165, 1.54) is 0 Å². The Kier molecular flexibility index (Phi) is 12.2. The number of guanidine groups is 1. The Labute approximate surface area is 175 Å². The number of nitrogens with one attached hydrogen (secondary N) is 3. The summed E-state index contributed by atoms with van der Waals surface area (Å²) in [5.41, 5.74) is -0.971. The van der Waals surface area contributed by atoms with Crippen LogP contribution >= 0.6 is 35.7 Å². The van der Waals surface area contributed by atoms with Crippen LogP contribution in [0.15, 0.2) is 4.99 Å². The van der Waals surface area contributed by atoms with Crippen LogP contribution in [-0.4, -0.2) is 53.8 Å².